The molecule has 0 bridgehead atoms. The van der Waals surface area contributed by atoms with E-state index in [0.717, 1.165) is 50.8 Å². The number of benzene rings is 8. The van der Waals surface area contributed by atoms with Gasteiger partial charge in [-0.3, -0.25) is 38.2 Å². The Balaban J connectivity index is -0.00000138. The summed E-state index contributed by atoms with van der Waals surface area (Å²) in [4.78, 5) is 64.4. The van der Waals surface area contributed by atoms with Crippen molar-refractivity contribution in [3.63, 3.8) is 0 Å². The van der Waals surface area contributed by atoms with E-state index in [9.17, 15) is 55.1 Å². The Bertz CT molecular complexity index is 3870. The maximum absolute atomic E-state index is 13.9. The number of hydrogen-bond donors (Lipinski definition) is 8. The van der Waals surface area contributed by atoms with E-state index in [1.54, 1.807) is 20.8 Å². The average Bonchev–Trinajstić information content (AvgIpc) is 0.829. The molecule has 655 valence electrons. The second-order valence-corrected chi connectivity index (χ2v) is 28.7. The normalized spacial score (nSPS) is 12.4. The minimum absolute atomic E-state index is 0. The summed E-state index contributed by atoms with van der Waals surface area (Å²) in [5.41, 5.74) is 17.8. The molecule has 33 heteroatoms. The second-order valence-electron chi connectivity index (χ2n) is 27.0. The van der Waals surface area contributed by atoms with Crippen LogP contribution in [0.2, 0.25) is 0 Å². The van der Waals surface area contributed by atoms with E-state index in [-0.39, 0.29) is 97.8 Å². The van der Waals surface area contributed by atoms with Gasteiger partial charge in [0.1, 0.15) is 42.2 Å². The number of esters is 4. The van der Waals surface area contributed by atoms with Crippen molar-refractivity contribution >= 4 is 60.9 Å². The van der Waals surface area contributed by atoms with Crippen molar-refractivity contribution in [2.24, 2.45) is 11.5 Å². The monoisotopic (exact) mass is 1730 g/mol. The zero-order chi connectivity index (χ0) is 86.8. The number of carbonyl (C=O) groups excluding carboxylic acids is 5. The minimum atomic E-state index is -3.67. The Morgan fingerprint density at radius 3 is 0.933 bits per heavy atom. The van der Waals surface area contributed by atoms with Crippen LogP contribution in [0.4, 0.5) is 22.4 Å². The summed E-state index contributed by atoms with van der Waals surface area (Å²) in [5.74, 6) is -2.38. The first-order valence-corrected chi connectivity index (χ1v) is 39.2. The van der Waals surface area contributed by atoms with Gasteiger partial charge in [0.2, 0.25) is 6.17 Å². The summed E-state index contributed by atoms with van der Waals surface area (Å²) in [6.45, 7) is 7.17. The Morgan fingerprint density at radius 2 is 0.700 bits per heavy atom. The van der Waals surface area contributed by atoms with E-state index in [1.807, 2.05) is 262 Å². The first-order chi connectivity index (χ1) is 56.0. The molecule has 3 radical (unpaired) electrons. The predicted octanol–water partition coefficient (Wildman–Crippen LogP) is 6.40. The number of alkyl halides is 4. The van der Waals surface area contributed by atoms with Gasteiger partial charge < -0.3 is 67.4 Å². The SMILES string of the molecule is CC(C)(C)OC(=O)NC[C@@H](F)CO.COC(=O)[C@@H](CO)N(Cc1ccccc1)Cc1ccccc1.COC(=O)[C@@H](COS(C)(=O)=O)N(Cc1ccccc1)Cc1ccccc1.COC(=O)[C@@H](N)CO.COC(=O)[C@H](F)CN(Cc1ccccc1)Cc1ccccc1.Cl.NC[C@@H](F)CO.OC[C@H](F)CN(Cc1ccccc1)Cc1ccccc1.[B].[H-].[Na+]. The van der Waals surface area contributed by atoms with Gasteiger partial charge in [0.25, 0.3) is 10.1 Å². The van der Waals surface area contributed by atoms with Crippen molar-refractivity contribution in [3.8, 4) is 0 Å². The summed E-state index contributed by atoms with van der Waals surface area (Å²) >= 11 is 0. The largest absolute Gasteiger partial charge is 1.00 e. The maximum atomic E-state index is 13.9. The molecule has 7 atom stereocenters. The third-order valence-corrected chi connectivity index (χ3v) is 16.7. The average molecular weight is 1730 g/mol. The van der Waals surface area contributed by atoms with Crippen LogP contribution in [-0.2, 0) is 110 Å². The van der Waals surface area contributed by atoms with Crippen LogP contribution < -0.4 is 46.3 Å². The molecule has 0 saturated heterocycles. The van der Waals surface area contributed by atoms with Gasteiger partial charge in [-0.2, -0.15) is 8.42 Å². The van der Waals surface area contributed by atoms with Gasteiger partial charge in [-0.05, 0) is 65.3 Å². The fraction of sp³-hybridized carbons (Fsp3) is 0.391. The number of hydrogen-bond acceptors (Lipinski definition) is 24. The number of carbonyl (C=O) groups is 5. The number of alkyl carbamates (subject to hydrolysis) is 1. The summed E-state index contributed by atoms with van der Waals surface area (Å²) in [7, 11) is 1.37. The number of nitrogens with zero attached hydrogens (tertiary/aromatic N) is 4. The van der Waals surface area contributed by atoms with Crippen molar-refractivity contribution in [2.45, 2.75) is 122 Å². The number of amides is 1. The quantitative estimate of drug-likeness (QED) is 0.00686. The topological polar surface area (TPSA) is 353 Å². The zero-order valence-corrected chi connectivity index (χ0v) is 73.4. The van der Waals surface area contributed by atoms with Gasteiger partial charge in [-0.1, -0.05) is 243 Å². The van der Waals surface area contributed by atoms with E-state index in [2.05, 4.69) is 14.8 Å². The number of ether oxygens (including phenoxy) is 5. The van der Waals surface area contributed by atoms with E-state index in [0.29, 0.717) is 52.4 Å². The Labute approximate surface area is 736 Å². The van der Waals surface area contributed by atoms with E-state index >= 15 is 0 Å². The molecule has 8 aromatic rings. The zero-order valence-electron chi connectivity index (χ0n) is 70.8. The second kappa shape index (κ2) is 67.1. The smallest absolute Gasteiger partial charge is 1.00 e. The molecule has 120 heavy (non-hydrogen) atoms. The fourth-order valence-electron chi connectivity index (χ4n) is 10.3. The van der Waals surface area contributed by atoms with Crippen LogP contribution in [0.1, 0.15) is 66.7 Å². The van der Waals surface area contributed by atoms with Gasteiger partial charge in [0.05, 0.1) is 80.9 Å². The molecule has 0 aromatic heterocycles. The molecule has 8 rings (SSSR count). The Morgan fingerprint density at radius 1 is 0.425 bits per heavy atom. The molecule has 0 aliphatic rings. The van der Waals surface area contributed by atoms with Crippen LogP contribution in [0.3, 0.4) is 0 Å². The first kappa shape index (κ1) is 114. The molecule has 0 heterocycles. The number of aliphatic hydroxyl groups is 5. The number of aliphatic hydroxyl groups excluding tert-OH is 5. The molecule has 0 aliphatic heterocycles. The van der Waals surface area contributed by atoms with Crippen molar-refractivity contribution in [2.75, 3.05) is 101 Å². The van der Waals surface area contributed by atoms with Gasteiger partial charge in [0, 0.05) is 80.4 Å². The van der Waals surface area contributed by atoms with Gasteiger partial charge in [-0.25, -0.2) is 27.2 Å². The molecule has 8 aromatic carbocycles. The van der Waals surface area contributed by atoms with Crippen LogP contribution in [-0.4, -0.2) is 241 Å². The summed E-state index contributed by atoms with van der Waals surface area (Å²) < 4.78 is 102. The predicted molar refractivity (Wildman–Crippen MR) is 455 cm³/mol. The Hall–Kier alpha value is -8.55. The van der Waals surface area contributed by atoms with E-state index < -0.39 is 108 Å². The first-order valence-electron chi connectivity index (χ1n) is 37.4. The van der Waals surface area contributed by atoms with Crippen molar-refractivity contribution in [3.05, 3.63) is 287 Å². The Kier molecular flexibility index (Phi) is 63.4. The van der Waals surface area contributed by atoms with Crippen molar-refractivity contribution in [1.29, 1.82) is 0 Å². The van der Waals surface area contributed by atoms with Gasteiger partial charge in [0.15, 0.2) is 0 Å². The van der Waals surface area contributed by atoms with Crippen molar-refractivity contribution < 1.29 is 134 Å². The van der Waals surface area contributed by atoms with Gasteiger partial charge >= 0.3 is 59.5 Å². The van der Waals surface area contributed by atoms with E-state index in [4.69, 9.17) is 50.3 Å². The van der Waals surface area contributed by atoms with Crippen LogP contribution in [0.5, 0.6) is 0 Å². The van der Waals surface area contributed by atoms with Gasteiger partial charge in [-0.15, -0.1) is 12.4 Å². The molecule has 0 aliphatic carbocycles. The molecule has 0 saturated carbocycles. The third kappa shape index (κ3) is 53.3. The number of methoxy groups -OCH3 is 4. The van der Waals surface area contributed by atoms with Crippen LogP contribution in [0.15, 0.2) is 243 Å². The summed E-state index contributed by atoms with van der Waals surface area (Å²) in [5, 5.41) is 45.1. The molecule has 0 fully saturated rings. The third-order valence-electron chi connectivity index (χ3n) is 16.1. The van der Waals surface area contributed by atoms with Crippen LogP contribution >= 0.6 is 12.4 Å². The number of nitrogens with one attached hydrogen (secondary N) is 1. The molecule has 25 nitrogen and oxygen atoms in total. The van der Waals surface area contributed by atoms with Crippen LogP contribution in [0, 0.1) is 0 Å². The summed E-state index contributed by atoms with van der Waals surface area (Å²) in [6.07, 6.45) is -5.24. The summed E-state index contributed by atoms with van der Waals surface area (Å²) in [6, 6.07) is 76.2. The molecular formula is C87H119BClF4N7NaO18S. The number of nitrogens with two attached hydrogens (primary N) is 2. The minimum Gasteiger partial charge on any atom is -1.00 e. The van der Waals surface area contributed by atoms with Crippen molar-refractivity contribution in [1.82, 2.24) is 24.9 Å². The van der Waals surface area contributed by atoms with E-state index in [1.165, 1.54) is 28.4 Å². The fourth-order valence-corrected chi connectivity index (χ4v) is 10.7. The number of rotatable bonds is 37. The maximum Gasteiger partial charge on any atom is 1.00 e. The standard InChI is InChI=1S/C19H23NO5S.C18H20FNO2.C18H21NO3.C17H20FNO.C8H16FNO3.C4H9NO3.C3H8FNO.B.ClH.Na.H/c1-24-19(21)18(15-25-26(2,22)23)20(13-16-9-5-3-6-10-16)14-17-11-7-4-8-12-17;1-22-18(21)17(19)14-20(12-15-8-4-2-5-9-15)13-16-10-6-3-7-11-16;1-22-18(21)17(14-20)19(12-15-8-4-2-5-9-15)13-16-10-6-3-7-11-16;18-17(14-20)13-19(11-15-7-3-1-4-8-15)12-16-9-5-2-6-10-16;1-8(2,3)13-7(12)10-4-6(9)5-11;1-8-4(7)3(5)2-6;4-3(1-5)2-6;;;;/h3-12,18H,13-15H2,1-2H3;2-11,17H,12-14H2,1H3;2-11,17,20H,12-14H2,1H3;1-10,17,20H,11-14H2;6,11H,4-5H2,1-3H3,(H,10,12);3,6H,2,5H2,1H3;3,6H,1-2,5H2;;1H;;/q;;;;;;;;;+1;-1/t18-;3*17-;6-;2*3-;;;;/m1111101..../s1. The van der Waals surface area contributed by atoms with Crippen LogP contribution in [0.25, 0.3) is 0 Å². The number of halogens is 5. The molecule has 1 amide bonds. The molecule has 0 unspecified atom stereocenters. The molecule has 0 spiro atoms. The molecule has 10 N–H and O–H groups in total. The molecular weight excluding hydrogens is 1610 g/mol.